The lowest BCUT2D eigenvalue weighted by Crippen LogP contribution is -2.41. The largest absolute Gasteiger partial charge is 0.347 e. The number of halogens is 2. The Morgan fingerprint density at radius 3 is 2.67 bits per heavy atom. The average Bonchev–Trinajstić information content (AvgIpc) is 2.36. The summed E-state index contributed by atoms with van der Waals surface area (Å²) in [6.07, 6.45) is -2.89. The predicted molar refractivity (Wildman–Crippen MR) is 44.4 cm³/mol. The number of rotatable bonds is 2. The predicted octanol–water partition coefficient (Wildman–Crippen LogP) is 1.12. The minimum Gasteiger partial charge on any atom is -0.347 e. The van der Waals surface area contributed by atoms with Crippen LogP contribution in [0.4, 0.5) is 8.78 Å². The Labute approximate surface area is 74.1 Å². The van der Waals surface area contributed by atoms with Gasteiger partial charge in [-0.3, -0.25) is 4.79 Å². The lowest BCUT2D eigenvalue weighted by molar-refractivity contribution is -0.132. The van der Waals surface area contributed by atoms with Crippen LogP contribution >= 0.6 is 11.8 Å². The SMILES string of the molecule is CC1CSCC1NC(=O)C(F)F. The third kappa shape index (κ3) is 2.33. The molecule has 2 nitrogen and oxygen atoms in total. The zero-order chi connectivity index (χ0) is 9.14. The van der Waals surface area contributed by atoms with Crippen LogP contribution in [0.25, 0.3) is 0 Å². The van der Waals surface area contributed by atoms with Crippen molar-refractivity contribution in [3.8, 4) is 0 Å². The summed E-state index contributed by atoms with van der Waals surface area (Å²) in [6.45, 7) is 1.95. The second-order valence-corrected chi connectivity index (χ2v) is 4.01. The first kappa shape index (κ1) is 9.77. The van der Waals surface area contributed by atoms with Gasteiger partial charge in [0.1, 0.15) is 0 Å². The highest BCUT2D eigenvalue weighted by Crippen LogP contribution is 2.23. The van der Waals surface area contributed by atoms with Gasteiger partial charge in [0.25, 0.3) is 5.91 Å². The molecule has 1 aliphatic rings. The first-order chi connectivity index (χ1) is 5.61. The second kappa shape index (κ2) is 4.07. The third-order valence-corrected chi connectivity index (χ3v) is 3.25. The number of alkyl halides is 2. The van der Waals surface area contributed by atoms with Gasteiger partial charge in [-0.15, -0.1) is 0 Å². The monoisotopic (exact) mass is 195 g/mol. The van der Waals surface area contributed by atoms with E-state index in [1.165, 1.54) is 0 Å². The van der Waals surface area contributed by atoms with E-state index in [-0.39, 0.29) is 6.04 Å². The molecule has 1 saturated heterocycles. The van der Waals surface area contributed by atoms with Crippen molar-refractivity contribution in [2.45, 2.75) is 19.4 Å². The molecule has 70 valence electrons. The first-order valence-corrected chi connectivity index (χ1v) is 4.93. The van der Waals surface area contributed by atoms with Gasteiger partial charge < -0.3 is 5.32 Å². The number of hydrogen-bond acceptors (Lipinski definition) is 2. The summed E-state index contributed by atoms with van der Waals surface area (Å²) in [5.74, 6) is 0.848. The summed E-state index contributed by atoms with van der Waals surface area (Å²) < 4.78 is 23.6. The molecule has 5 heteroatoms. The molecule has 1 aliphatic heterocycles. The highest BCUT2D eigenvalue weighted by molar-refractivity contribution is 7.99. The van der Waals surface area contributed by atoms with Crippen LogP contribution in [0, 0.1) is 5.92 Å². The Balaban J connectivity index is 2.35. The van der Waals surface area contributed by atoms with E-state index in [1.807, 2.05) is 6.92 Å². The highest BCUT2D eigenvalue weighted by Gasteiger charge is 2.27. The zero-order valence-electron chi connectivity index (χ0n) is 6.72. The Morgan fingerprint density at radius 2 is 2.25 bits per heavy atom. The van der Waals surface area contributed by atoms with Gasteiger partial charge in [-0.05, 0) is 11.7 Å². The van der Waals surface area contributed by atoms with Crippen LogP contribution in [-0.4, -0.2) is 29.9 Å². The van der Waals surface area contributed by atoms with E-state index in [1.54, 1.807) is 11.8 Å². The van der Waals surface area contributed by atoms with Gasteiger partial charge in [0.15, 0.2) is 0 Å². The van der Waals surface area contributed by atoms with Gasteiger partial charge in [-0.1, -0.05) is 6.92 Å². The molecule has 0 radical (unpaired) electrons. The van der Waals surface area contributed by atoms with E-state index in [0.29, 0.717) is 5.92 Å². The summed E-state index contributed by atoms with van der Waals surface area (Å²) in [6, 6.07) is -0.0727. The molecule has 0 aromatic heterocycles. The zero-order valence-corrected chi connectivity index (χ0v) is 7.54. The average molecular weight is 195 g/mol. The molecule has 0 spiro atoms. The fraction of sp³-hybridized carbons (Fsp3) is 0.857. The molecule has 0 saturated carbocycles. The van der Waals surface area contributed by atoms with Gasteiger partial charge in [0.2, 0.25) is 0 Å². The number of thioether (sulfide) groups is 1. The maximum atomic E-state index is 11.8. The topological polar surface area (TPSA) is 29.1 Å². The number of amides is 1. The Kier molecular flexibility index (Phi) is 3.31. The molecule has 0 aliphatic carbocycles. The molecule has 1 N–H and O–H groups in total. The molecule has 1 fully saturated rings. The van der Waals surface area contributed by atoms with Crippen molar-refractivity contribution in [3.63, 3.8) is 0 Å². The lowest BCUT2D eigenvalue weighted by Gasteiger charge is -2.15. The van der Waals surface area contributed by atoms with E-state index in [0.717, 1.165) is 11.5 Å². The summed E-state index contributed by atoms with van der Waals surface area (Å²) in [5, 5.41) is 2.32. The fourth-order valence-electron chi connectivity index (χ4n) is 1.09. The van der Waals surface area contributed by atoms with Crippen molar-refractivity contribution >= 4 is 17.7 Å². The van der Waals surface area contributed by atoms with E-state index in [4.69, 9.17) is 0 Å². The molecule has 1 heterocycles. The van der Waals surface area contributed by atoms with Crippen molar-refractivity contribution in [2.24, 2.45) is 5.92 Å². The molecule has 1 rings (SSSR count). The third-order valence-electron chi connectivity index (χ3n) is 1.89. The highest BCUT2D eigenvalue weighted by atomic mass is 32.2. The van der Waals surface area contributed by atoms with E-state index >= 15 is 0 Å². The molecule has 2 unspecified atom stereocenters. The van der Waals surface area contributed by atoms with E-state index in [2.05, 4.69) is 5.32 Å². The Bertz CT molecular complexity index is 177. The molecule has 2 atom stereocenters. The van der Waals surface area contributed by atoms with Crippen LogP contribution in [0.3, 0.4) is 0 Å². The maximum absolute atomic E-state index is 11.8. The molecule has 12 heavy (non-hydrogen) atoms. The van der Waals surface area contributed by atoms with Crippen molar-refractivity contribution in [2.75, 3.05) is 11.5 Å². The number of hydrogen-bond donors (Lipinski definition) is 1. The fourth-order valence-corrected chi connectivity index (χ4v) is 2.50. The van der Waals surface area contributed by atoms with Crippen molar-refractivity contribution < 1.29 is 13.6 Å². The maximum Gasteiger partial charge on any atom is 0.315 e. The summed E-state index contributed by atoms with van der Waals surface area (Å²) in [4.78, 5) is 10.6. The quantitative estimate of drug-likeness (QED) is 0.715. The van der Waals surface area contributed by atoms with Crippen LogP contribution in [0.15, 0.2) is 0 Å². The van der Waals surface area contributed by atoms with E-state index < -0.39 is 12.3 Å². The van der Waals surface area contributed by atoms with Crippen LogP contribution in [0.2, 0.25) is 0 Å². The summed E-state index contributed by atoms with van der Waals surface area (Å²) in [7, 11) is 0. The molecule has 1 amide bonds. The Morgan fingerprint density at radius 1 is 1.58 bits per heavy atom. The summed E-state index contributed by atoms with van der Waals surface area (Å²) >= 11 is 1.68. The standard InChI is InChI=1S/C7H11F2NOS/c1-4-2-12-3-5(4)10-7(11)6(8)9/h4-6H,2-3H2,1H3,(H,10,11). The first-order valence-electron chi connectivity index (χ1n) is 3.77. The van der Waals surface area contributed by atoms with Gasteiger partial charge >= 0.3 is 6.43 Å². The van der Waals surface area contributed by atoms with Crippen molar-refractivity contribution in [1.29, 1.82) is 0 Å². The van der Waals surface area contributed by atoms with Crippen LogP contribution < -0.4 is 5.32 Å². The lowest BCUT2D eigenvalue weighted by atomic mass is 10.1. The van der Waals surface area contributed by atoms with Crippen molar-refractivity contribution in [1.82, 2.24) is 5.32 Å². The van der Waals surface area contributed by atoms with Crippen molar-refractivity contribution in [3.05, 3.63) is 0 Å². The molecule has 0 bridgehead atoms. The van der Waals surface area contributed by atoms with Crippen LogP contribution in [-0.2, 0) is 4.79 Å². The minimum atomic E-state index is -2.89. The number of carbonyl (C=O) groups is 1. The molecular formula is C7H11F2NOS. The molecule has 0 aromatic carbocycles. The number of nitrogens with one attached hydrogen (secondary N) is 1. The molecular weight excluding hydrogens is 184 g/mol. The minimum absolute atomic E-state index is 0.0727. The van der Waals surface area contributed by atoms with Crippen LogP contribution in [0.5, 0.6) is 0 Å². The van der Waals surface area contributed by atoms with E-state index in [9.17, 15) is 13.6 Å². The van der Waals surface area contributed by atoms with Crippen LogP contribution in [0.1, 0.15) is 6.92 Å². The van der Waals surface area contributed by atoms with Gasteiger partial charge in [-0.25, -0.2) is 0 Å². The summed E-state index contributed by atoms with van der Waals surface area (Å²) in [5.41, 5.74) is 0. The van der Waals surface area contributed by atoms with Gasteiger partial charge in [0, 0.05) is 11.8 Å². The number of carbonyl (C=O) groups excluding carboxylic acids is 1. The smallest absolute Gasteiger partial charge is 0.315 e. The van der Waals surface area contributed by atoms with Gasteiger partial charge in [0.05, 0.1) is 0 Å². The normalized spacial score (nSPS) is 29.3. The Hall–Kier alpha value is -0.320. The second-order valence-electron chi connectivity index (χ2n) is 2.93. The van der Waals surface area contributed by atoms with Gasteiger partial charge in [-0.2, -0.15) is 20.5 Å². The molecule has 0 aromatic rings.